The molecule has 0 spiro atoms. The molecular weight excluding hydrogens is 517 g/mol. The molecule has 3 aromatic rings. The van der Waals surface area contributed by atoms with Gasteiger partial charge in [0.2, 0.25) is 5.75 Å². The first kappa shape index (κ1) is 23.9. The van der Waals surface area contributed by atoms with Gasteiger partial charge in [0.15, 0.2) is 5.69 Å². The number of hydrogen-bond donors (Lipinski definition) is 1. The summed E-state index contributed by atoms with van der Waals surface area (Å²) in [6.07, 6.45) is 5.37. The Hall–Kier alpha value is -3.43. The van der Waals surface area contributed by atoms with Gasteiger partial charge in [0.05, 0.1) is 21.7 Å². The number of rotatable bonds is 3. The lowest BCUT2D eigenvalue weighted by Gasteiger charge is -2.36. The van der Waals surface area contributed by atoms with Gasteiger partial charge in [0.1, 0.15) is 5.82 Å². The Kier molecular flexibility index (Phi) is 5.92. The second-order valence-corrected chi connectivity index (χ2v) is 10.4. The van der Waals surface area contributed by atoms with Gasteiger partial charge in [-0.3, -0.25) is 19.4 Å². The Morgan fingerprint density at radius 3 is 2.35 bits per heavy atom. The molecule has 1 fully saturated rings. The van der Waals surface area contributed by atoms with Crippen molar-refractivity contribution in [1.29, 1.82) is 0 Å². The molecule has 2 aliphatic heterocycles. The third kappa shape index (κ3) is 3.88. The van der Waals surface area contributed by atoms with E-state index in [9.17, 15) is 19.5 Å². The number of hydrogen-bond acceptors (Lipinski definition) is 6. The van der Waals surface area contributed by atoms with E-state index in [0.717, 1.165) is 12.8 Å². The molecular formula is C26H23Cl2N5O4. The Morgan fingerprint density at radius 2 is 1.68 bits per heavy atom. The van der Waals surface area contributed by atoms with Gasteiger partial charge in [-0.2, -0.15) is 4.98 Å². The van der Waals surface area contributed by atoms with Gasteiger partial charge >= 0.3 is 5.56 Å². The zero-order valence-electron chi connectivity index (χ0n) is 19.7. The SMILES string of the molecule is O=C1c2c(O)c(=O)nc(C3CCCN3C(=O)c3c(Cl)cncc3Cl)n2CCN1C1Cc2ccccc2C1. The van der Waals surface area contributed by atoms with Crippen LogP contribution < -0.4 is 5.56 Å². The van der Waals surface area contributed by atoms with E-state index < -0.39 is 29.2 Å². The monoisotopic (exact) mass is 539 g/mol. The molecule has 0 bridgehead atoms. The Balaban J connectivity index is 1.36. The fourth-order valence-corrected chi connectivity index (χ4v) is 6.37. The maximum Gasteiger partial charge on any atom is 0.315 e. The summed E-state index contributed by atoms with van der Waals surface area (Å²) in [5, 5.41) is 10.9. The lowest BCUT2D eigenvalue weighted by molar-refractivity contribution is 0.0607. The molecule has 3 aliphatic rings. The van der Waals surface area contributed by atoms with Gasteiger partial charge < -0.3 is 19.5 Å². The molecule has 0 saturated carbocycles. The van der Waals surface area contributed by atoms with Crippen LogP contribution in [0.3, 0.4) is 0 Å². The Morgan fingerprint density at radius 1 is 1.00 bits per heavy atom. The lowest BCUT2D eigenvalue weighted by atomic mass is 10.1. The first-order chi connectivity index (χ1) is 17.8. The van der Waals surface area contributed by atoms with E-state index in [2.05, 4.69) is 22.1 Å². The van der Waals surface area contributed by atoms with Crippen LogP contribution in [0.2, 0.25) is 10.0 Å². The first-order valence-corrected chi connectivity index (χ1v) is 12.9. The van der Waals surface area contributed by atoms with Crippen LogP contribution >= 0.6 is 23.2 Å². The van der Waals surface area contributed by atoms with Crippen LogP contribution in [0.5, 0.6) is 5.75 Å². The highest BCUT2D eigenvalue weighted by molar-refractivity contribution is 6.39. The maximum absolute atomic E-state index is 13.7. The highest BCUT2D eigenvalue weighted by Crippen LogP contribution is 2.37. The summed E-state index contributed by atoms with van der Waals surface area (Å²) in [7, 11) is 0. The number of aromatic nitrogens is 3. The molecule has 9 nitrogen and oxygen atoms in total. The highest BCUT2D eigenvalue weighted by Gasteiger charge is 2.41. The molecule has 1 N–H and O–H groups in total. The standard InChI is InChI=1S/C26H23Cl2N5O4/c27-17-12-29-13-18(28)20(17)25(36)32-7-3-6-19(32)23-30-24(35)22(34)21-26(37)31(8-9-33(21)23)16-10-14-4-1-2-5-15(14)11-16/h1-2,4-5,12-13,16,19,34H,3,6-11H2. The second kappa shape index (κ2) is 9.15. The minimum Gasteiger partial charge on any atom is -0.501 e. The lowest BCUT2D eigenvalue weighted by Crippen LogP contribution is -2.49. The van der Waals surface area contributed by atoms with Gasteiger partial charge in [-0.1, -0.05) is 47.5 Å². The number of benzene rings is 1. The first-order valence-electron chi connectivity index (χ1n) is 12.2. The van der Waals surface area contributed by atoms with Crippen molar-refractivity contribution in [2.45, 2.75) is 44.3 Å². The van der Waals surface area contributed by atoms with Crippen molar-refractivity contribution in [2.24, 2.45) is 0 Å². The summed E-state index contributed by atoms with van der Waals surface area (Å²) in [6.45, 7) is 1.16. The molecule has 1 saturated heterocycles. The van der Waals surface area contributed by atoms with Crippen molar-refractivity contribution in [3.05, 3.63) is 85.3 Å². The molecule has 11 heteroatoms. The van der Waals surface area contributed by atoms with E-state index >= 15 is 0 Å². The number of fused-ring (bicyclic) bond motifs is 2. The summed E-state index contributed by atoms with van der Waals surface area (Å²) in [4.78, 5) is 51.3. The van der Waals surface area contributed by atoms with Crippen LogP contribution in [-0.2, 0) is 19.4 Å². The largest absolute Gasteiger partial charge is 0.501 e. The van der Waals surface area contributed by atoms with Crippen LogP contribution in [0, 0.1) is 0 Å². The zero-order chi connectivity index (χ0) is 25.8. The number of carbonyl (C=O) groups excluding carboxylic acids is 2. The van der Waals surface area contributed by atoms with Crippen molar-refractivity contribution in [3.63, 3.8) is 0 Å². The fraction of sp³-hybridized carbons (Fsp3) is 0.346. The average molecular weight is 540 g/mol. The van der Waals surface area contributed by atoms with Gasteiger partial charge in [-0.15, -0.1) is 0 Å². The number of pyridine rings is 1. The van der Waals surface area contributed by atoms with Gasteiger partial charge in [0, 0.05) is 38.1 Å². The normalized spacial score (nSPS) is 19.3. The average Bonchev–Trinajstić information content (AvgIpc) is 3.53. The number of halogens is 2. The van der Waals surface area contributed by atoms with Gasteiger partial charge in [-0.05, 0) is 36.8 Å². The van der Waals surface area contributed by atoms with Crippen LogP contribution in [0.25, 0.3) is 0 Å². The molecule has 37 heavy (non-hydrogen) atoms. The van der Waals surface area contributed by atoms with E-state index in [1.54, 1.807) is 14.4 Å². The molecule has 1 unspecified atom stereocenters. The molecule has 1 aromatic carbocycles. The zero-order valence-corrected chi connectivity index (χ0v) is 21.2. The topological polar surface area (TPSA) is 109 Å². The predicted octanol–water partition coefficient (Wildman–Crippen LogP) is 3.25. The highest BCUT2D eigenvalue weighted by atomic mass is 35.5. The van der Waals surface area contributed by atoms with E-state index in [4.69, 9.17) is 23.2 Å². The van der Waals surface area contributed by atoms with Crippen LogP contribution in [0.4, 0.5) is 0 Å². The van der Waals surface area contributed by atoms with Crippen LogP contribution in [-0.4, -0.2) is 60.4 Å². The molecule has 2 aromatic heterocycles. The molecule has 0 radical (unpaired) electrons. The van der Waals surface area contributed by atoms with Gasteiger partial charge in [0.25, 0.3) is 11.8 Å². The van der Waals surface area contributed by atoms with Crippen LogP contribution in [0.1, 0.15) is 56.7 Å². The van der Waals surface area contributed by atoms with E-state index in [1.165, 1.54) is 23.5 Å². The number of nitrogens with zero attached hydrogens (tertiary/aromatic N) is 5. The smallest absolute Gasteiger partial charge is 0.315 e. The van der Waals surface area contributed by atoms with Crippen molar-refractivity contribution < 1.29 is 14.7 Å². The number of likely N-dealkylation sites (tertiary alicyclic amines) is 1. The van der Waals surface area contributed by atoms with Crippen molar-refractivity contribution in [1.82, 2.24) is 24.3 Å². The molecule has 1 aliphatic carbocycles. The quantitative estimate of drug-likeness (QED) is 0.547. The summed E-state index contributed by atoms with van der Waals surface area (Å²) in [5.41, 5.74) is 1.59. The fourth-order valence-electron chi connectivity index (χ4n) is 5.85. The predicted molar refractivity (Wildman–Crippen MR) is 136 cm³/mol. The van der Waals surface area contributed by atoms with Crippen molar-refractivity contribution in [3.8, 4) is 5.75 Å². The molecule has 190 valence electrons. The summed E-state index contributed by atoms with van der Waals surface area (Å²) in [6, 6.07) is 7.47. The van der Waals surface area contributed by atoms with E-state index in [-0.39, 0.29) is 33.2 Å². The minimum atomic E-state index is -0.884. The molecule has 1 atom stereocenters. The van der Waals surface area contributed by atoms with Crippen LogP contribution in [0.15, 0.2) is 41.5 Å². The summed E-state index contributed by atoms with van der Waals surface area (Å²) < 4.78 is 1.60. The second-order valence-electron chi connectivity index (χ2n) is 9.59. The Labute approximate surface area is 222 Å². The van der Waals surface area contributed by atoms with E-state index in [0.29, 0.717) is 32.5 Å². The van der Waals surface area contributed by atoms with E-state index in [1.807, 2.05) is 12.1 Å². The molecule has 6 rings (SSSR count). The number of amides is 2. The Bertz CT molecular complexity index is 1460. The number of carbonyl (C=O) groups is 2. The third-order valence-corrected chi connectivity index (χ3v) is 8.14. The maximum atomic E-state index is 13.7. The third-order valence-electron chi connectivity index (χ3n) is 7.57. The minimum absolute atomic E-state index is 0.0507. The molecule has 2 amide bonds. The summed E-state index contributed by atoms with van der Waals surface area (Å²) >= 11 is 12.5. The van der Waals surface area contributed by atoms with Gasteiger partial charge in [-0.25, -0.2) is 0 Å². The summed E-state index contributed by atoms with van der Waals surface area (Å²) in [5.74, 6) is -1.18. The van der Waals surface area contributed by atoms with Crippen molar-refractivity contribution >= 4 is 35.0 Å². The molecule has 4 heterocycles. The van der Waals surface area contributed by atoms with Crippen molar-refractivity contribution in [2.75, 3.05) is 13.1 Å². The number of aromatic hydroxyl groups is 1.